The minimum absolute atomic E-state index is 0.198. The van der Waals surface area contributed by atoms with Crippen LogP contribution in [0.2, 0.25) is 0 Å². The maximum atomic E-state index is 11.2. The van der Waals surface area contributed by atoms with Crippen LogP contribution in [-0.2, 0) is 22.5 Å². The van der Waals surface area contributed by atoms with Crippen molar-refractivity contribution in [2.75, 3.05) is 19.5 Å². The van der Waals surface area contributed by atoms with E-state index < -0.39 is 0 Å². The van der Waals surface area contributed by atoms with E-state index in [1.165, 1.54) is 18.4 Å². The minimum atomic E-state index is -0.286. The number of hydrogen-bond acceptors (Lipinski definition) is 6. The summed E-state index contributed by atoms with van der Waals surface area (Å²) in [7, 11) is 3.02. The topological polar surface area (TPSA) is 60.5 Å². The minimum Gasteiger partial charge on any atom is -0.496 e. The Labute approximate surface area is 121 Å². The van der Waals surface area contributed by atoms with E-state index >= 15 is 0 Å². The van der Waals surface area contributed by atoms with Crippen molar-refractivity contribution in [3.8, 4) is 5.75 Å². The lowest BCUT2D eigenvalue weighted by Gasteiger charge is -2.08. The highest BCUT2D eigenvalue weighted by Crippen LogP contribution is 2.21. The highest BCUT2D eigenvalue weighted by Gasteiger charge is 2.08. The number of rotatable bonds is 6. The average Bonchev–Trinajstić information content (AvgIpc) is 2.92. The zero-order valence-corrected chi connectivity index (χ0v) is 12.2. The van der Waals surface area contributed by atoms with Gasteiger partial charge in [-0.3, -0.25) is 4.79 Å². The molecule has 5 nitrogen and oxygen atoms in total. The second-order valence-electron chi connectivity index (χ2n) is 4.06. The van der Waals surface area contributed by atoms with Crippen LogP contribution in [0, 0.1) is 0 Å². The Kier molecular flexibility index (Phi) is 4.95. The number of anilines is 1. The number of hydrogen-bond donors (Lipinski definition) is 1. The number of nitrogens with zero attached hydrogens (tertiary/aromatic N) is 1. The molecule has 0 aliphatic carbocycles. The molecule has 1 aromatic heterocycles. The van der Waals surface area contributed by atoms with Gasteiger partial charge in [0.1, 0.15) is 5.75 Å². The Morgan fingerprint density at radius 1 is 1.35 bits per heavy atom. The number of benzene rings is 1. The van der Waals surface area contributed by atoms with Crippen LogP contribution in [0.4, 0.5) is 5.13 Å². The van der Waals surface area contributed by atoms with Crippen molar-refractivity contribution in [2.24, 2.45) is 0 Å². The standard InChI is InChI=1S/C14H16N2O3S/c1-18-12-6-4-3-5-10(12)8-15-14-16-11(9-20-14)7-13(17)19-2/h3-6,9H,7-8H2,1-2H3,(H,15,16). The van der Waals surface area contributed by atoms with Crippen LogP contribution in [0.15, 0.2) is 29.6 Å². The summed E-state index contributed by atoms with van der Waals surface area (Å²) >= 11 is 1.46. The van der Waals surface area contributed by atoms with Crippen molar-refractivity contribution in [1.82, 2.24) is 4.98 Å². The molecule has 0 spiro atoms. The zero-order valence-electron chi connectivity index (χ0n) is 11.4. The van der Waals surface area contributed by atoms with Crippen molar-refractivity contribution >= 4 is 22.4 Å². The molecule has 0 unspecified atom stereocenters. The molecule has 2 rings (SSSR count). The van der Waals surface area contributed by atoms with Crippen LogP contribution in [0.25, 0.3) is 0 Å². The van der Waals surface area contributed by atoms with Crippen LogP contribution in [0.3, 0.4) is 0 Å². The number of thiazole rings is 1. The predicted octanol–water partition coefficient (Wildman–Crippen LogP) is 2.48. The molecule has 20 heavy (non-hydrogen) atoms. The van der Waals surface area contributed by atoms with Gasteiger partial charge in [0.25, 0.3) is 0 Å². The van der Waals surface area contributed by atoms with E-state index in [0.717, 1.165) is 16.4 Å². The summed E-state index contributed by atoms with van der Waals surface area (Å²) < 4.78 is 9.90. The quantitative estimate of drug-likeness (QED) is 0.829. The van der Waals surface area contributed by atoms with E-state index in [1.807, 2.05) is 29.6 Å². The van der Waals surface area contributed by atoms with Gasteiger partial charge in [0.2, 0.25) is 0 Å². The lowest BCUT2D eigenvalue weighted by Crippen LogP contribution is -2.05. The molecule has 1 aromatic carbocycles. The lowest BCUT2D eigenvalue weighted by molar-refractivity contribution is -0.139. The summed E-state index contributed by atoms with van der Waals surface area (Å²) in [6.07, 6.45) is 0.198. The number of ether oxygens (including phenoxy) is 2. The lowest BCUT2D eigenvalue weighted by atomic mass is 10.2. The number of carbonyl (C=O) groups is 1. The van der Waals surface area contributed by atoms with Gasteiger partial charge in [0.15, 0.2) is 5.13 Å². The van der Waals surface area contributed by atoms with Gasteiger partial charge in [-0.1, -0.05) is 18.2 Å². The van der Waals surface area contributed by atoms with Gasteiger partial charge >= 0.3 is 5.97 Å². The highest BCUT2D eigenvalue weighted by atomic mass is 32.1. The molecule has 0 aliphatic rings. The summed E-state index contributed by atoms with van der Waals surface area (Å²) in [5.74, 6) is 0.554. The third kappa shape index (κ3) is 3.71. The molecular weight excluding hydrogens is 276 g/mol. The summed E-state index contributed by atoms with van der Waals surface area (Å²) in [5.41, 5.74) is 1.77. The smallest absolute Gasteiger partial charge is 0.311 e. The molecule has 1 heterocycles. The van der Waals surface area contributed by atoms with Crippen molar-refractivity contribution in [1.29, 1.82) is 0 Å². The van der Waals surface area contributed by atoms with Gasteiger partial charge in [-0.2, -0.15) is 0 Å². The number of para-hydroxylation sites is 1. The number of methoxy groups -OCH3 is 2. The van der Waals surface area contributed by atoms with E-state index in [9.17, 15) is 4.79 Å². The van der Waals surface area contributed by atoms with Gasteiger partial charge in [0.05, 0.1) is 26.3 Å². The first kappa shape index (κ1) is 14.3. The van der Waals surface area contributed by atoms with Gasteiger partial charge < -0.3 is 14.8 Å². The van der Waals surface area contributed by atoms with Crippen molar-refractivity contribution in [3.05, 3.63) is 40.9 Å². The van der Waals surface area contributed by atoms with Crippen molar-refractivity contribution in [3.63, 3.8) is 0 Å². The first-order chi connectivity index (χ1) is 9.72. The second-order valence-corrected chi connectivity index (χ2v) is 4.92. The van der Waals surface area contributed by atoms with Crippen LogP contribution < -0.4 is 10.1 Å². The predicted molar refractivity (Wildman–Crippen MR) is 78.2 cm³/mol. The Hall–Kier alpha value is -2.08. The molecule has 0 bridgehead atoms. The van der Waals surface area contributed by atoms with E-state index in [0.29, 0.717) is 12.2 Å². The van der Waals surface area contributed by atoms with Crippen molar-refractivity contribution in [2.45, 2.75) is 13.0 Å². The maximum Gasteiger partial charge on any atom is 0.311 e. The van der Waals surface area contributed by atoms with Crippen LogP contribution >= 0.6 is 11.3 Å². The molecular formula is C14H16N2O3S. The Bertz CT molecular complexity index is 583. The maximum absolute atomic E-state index is 11.2. The SMILES string of the molecule is COC(=O)Cc1csc(NCc2ccccc2OC)n1. The highest BCUT2D eigenvalue weighted by molar-refractivity contribution is 7.13. The molecule has 0 radical (unpaired) electrons. The van der Waals surface area contributed by atoms with Gasteiger partial charge in [-0.05, 0) is 6.07 Å². The van der Waals surface area contributed by atoms with E-state index in [4.69, 9.17) is 4.74 Å². The molecule has 0 saturated heterocycles. The molecule has 1 N–H and O–H groups in total. The Morgan fingerprint density at radius 3 is 2.90 bits per heavy atom. The monoisotopic (exact) mass is 292 g/mol. The number of esters is 1. The van der Waals surface area contributed by atoms with Gasteiger partial charge in [-0.15, -0.1) is 11.3 Å². The molecule has 0 atom stereocenters. The van der Waals surface area contributed by atoms with E-state index in [-0.39, 0.29) is 12.4 Å². The number of aromatic nitrogens is 1. The van der Waals surface area contributed by atoms with Crippen molar-refractivity contribution < 1.29 is 14.3 Å². The third-order valence-electron chi connectivity index (χ3n) is 2.73. The molecule has 6 heteroatoms. The number of carbonyl (C=O) groups excluding carboxylic acids is 1. The summed E-state index contributed by atoms with van der Waals surface area (Å²) in [4.78, 5) is 15.5. The average molecular weight is 292 g/mol. The van der Waals surface area contributed by atoms with E-state index in [2.05, 4.69) is 15.0 Å². The fraction of sp³-hybridized carbons (Fsp3) is 0.286. The summed E-state index contributed by atoms with van der Waals surface area (Å²) in [6, 6.07) is 7.81. The molecule has 0 amide bonds. The van der Waals surface area contributed by atoms with Gasteiger partial charge in [0, 0.05) is 17.5 Å². The number of nitrogens with one attached hydrogen (secondary N) is 1. The summed E-state index contributed by atoms with van der Waals surface area (Å²) in [5, 5.41) is 5.84. The Morgan fingerprint density at radius 2 is 2.15 bits per heavy atom. The second kappa shape index (κ2) is 6.91. The van der Waals surface area contributed by atoms with Gasteiger partial charge in [-0.25, -0.2) is 4.98 Å². The van der Waals surface area contributed by atoms with Crippen LogP contribution in [0.1, 0.15) is 11.3 Å². The molecule has 0 fully saturated rings. The van der Waals surface area contributed by atoms with E-state index in [1.54, 1.807) is 7.11 Å². The van der Waals surface area contributed by atoms with Crippen LogP contribution in [0.5, 0.6) is 5.75 Å². The van der Waals surface area contributed by atoms with Crippen LogP contribution in [-0.4, -0.2) is 25.2 Å². The largest absolute Gasteiger partial charge is 0.496 e. The molecule has 0 saturated carbocycles. The fourth-order valence-electron chi connectivity index (χ4n) is 1.71. The zero-order chi connectivity index (χ0) is 14.4. The fourth-order valence-corrected chi connectivity index (χ4v) is 2.42. The Balaban J connectivity index is 1.96. The summed E-state index contributed by atoms with van der Waals surface area (Å²) in [6.45, 7) is 0.620. The molecule has 2 aromatic rings. The first-order valence-electron chi connectivity index (χ1n) is 6.10. The normalized spacial score (nSPS) is 10.1. The third-order valence-corrected chi connectivity index (χ3v) is 3.58. The first-order valence-corrected chi connectivity index (χ1v) is 6.98. The molecule has 0 aliphatic heterocycles. The molecule has 106 valence electrons.